The van der Waals surface area contributed by atoms with Crippen molar-refractivity contribution in [2.45, 2.75) is 17.7 Å². The molecule has 1 N–H and O–H groups in total. The lowest BCUT2D eigenvalue weighted by Crippen LogP contribution is -2.28. The zero-order valence-electron chi connectivity index (χ0n) is 11.6. The van der Waals surface area contributed by atoms with E-state index >= 15 is 0 Å². The van der Waals surface area contributed by atoms with Crippen LogP contribution in [0.2, 0.25) is 0 Å². The molecule has 2 aliphatic heterocycles. The highest BCUT2D eigenvalue weighted by molar-refractivity contribution is 8.06. The van der Waals surface area contributed by atoms with Gasteiger partial charge in [-0.15, -0.1) is 11.8 Å². The molecule has 1 aromatic heterocycles. The summed E-state index contributed by atoms with van der Waals surface area (Å²) in [7, 11) is 0. The van der Waals surface area contributed by atoms with Crippen LogP contribution in [0.1, 0.15) is 34.0 Å². The van der Waals surface area contributed by atoms with Crippen LogP contribution in [0.5, 0.6) is 0 Å². The van der Waals surface area contributed by atoms with Crippen molar-refractivity contribution in [1.82, 2.24) is 15.5 Å². The number of fused-ring (bicyclic) bond motifs is 1. The Kier molecular flexibility index (Phi) is 3.92. The molecule has 1 saturated heterocycles. The lowest BCUT2D eigenvalue weighted by Gasteiger charge is -2.23. The third kappa shape index (κ3) is 2.72. The number of hydrogen-bond acceptors (Lipinski definition) is 6. The minimum Gasteiger partial charge on any atom is -0.339 e. The molecule has 4 nitrogen and oxygen atoms in total. The fourth-order valence-corrected chi connectivity index (χ4v) is 5.46. The van der Waals surface area contributed by atoms with E-state index in [9.17, 15) is 0 Å². The zero-order chi connectivity index (χ0) is 14.1. The second kappa shape index (κ2) is 6.02. The SMILES string of the molecule is c1ccc2c(c1)CNCC2c1nc(C2CSCCS2)no1. The normalized spacial score (nSPS) is 25.5. The Bertz CT molecular complexity index is 625. The largest absolute Gasteiger partial charge is 0.339 e. The molecule has 0 saturated carbocycles. The van der Waals surface area contributed by atoms with Crippen molar-refractivity contribution < 1.29 is 4.52 Å². The van der Waals surface area contributed by atoms with Crippen LogP contribution in [0.3, 0.4) is 0 Å². The van der Waals surface area contributed by atoms with Gasteiger partial charge in [0, 0.05) is 30.3 Å². The summed E-state index contributed by atoms with van der Waals surface area (Å²) in [5, 5.41) is 8.06. The summed E-state index contributed by atoms with van der Waals surface area (Å²) in [6, 6.07) is 8.51. The topological polar surface area (TPSA) is 51.0 Å². The van der Waals surface area contributed by atoms with E-state index < -0.39 is 0 Å². The van der Waals surface area contributed by atoms with Crippen molar-refractivity contribution in [3.05, 3.63) is 47.1 Å². The van der Waals surface area contributed by atoms with Crippen molar-refractivity contribution in [2.24, 2.45) is 0 Å². The van der Waals surface area contributed by atoms with Gasteiger partial charge >= 0.3 is 0 Å². The second-order valence-electron chi connectivity index (χ2n) is 5.31. The molecule has 110 valence electrons. The molecular formula is C15H17N3OS2. The van der Waals surface area contributed by atoms with Gasteiger partial charge in [-0.2, -0.15) is 16.7 Å². The maximum atomic E-state index is 5.59. The smallest absolute Gasteiger partial charge is 0.235 e. The molecule has 0 bridgehead atoms. The fourth-order valence-electron chi connectivity index (χ4n) is 2.87. The minimum absolute atomic E-state index is 0.178. The Hall–Kier alpha value is -0.980. The standard InChI is InChI=1S/C15H17N3OS2/c1-2-4-11-10(3-1)7-16-8-12(11)15-17-14(18-19-15)13-9-20-5-6-21-13/h1-4,12-13,16H,5-9H2. The first-order valence-corrected chi connectivity index (χ1v) is 9.43. The monoisotopic (exact) mass is 319 g/mol. The third-order valence-electron chi connectivity index (χ3n) is 3.95. The summed E-state index contributed by atoms with van der Waals surface area (Å²) in [5.74, 6) is 5.28. The van der Waals surface area contributed by atoms with Gasteiger partial charge in [-0.3, -0.25) is 0 Å². The van der Waals surface area contributed by atoms with Crippen LogP contribution in [-0.2, 0) is 6.54 Å². The van der Waals surface area contributed by atoms with E-state index in [4.69, 9.17) is 9.51 Å². The Labute approximate surface area is 132 Å². The summed E-state index contributed by atoms with van der Waals surface area (Å²) in [6.45, 7) is 1.79. The second-order valence-corrected chi connectivity index (χ2v) is 7.77. The molecule has 6 heteroatoms. The van der Waals surface area contributed by atoms with Gasteiger partial charge in [0.1, 0.15) is 0 Å². The molecule has 3 heterocycles. The van der Waals surface area contributed by atoms with Crippen molar-refractivity contribution in [1.29, 1.82) is 0 Å². The molecular weight excluding hydrogens is 302 g/mol. The van der Waals surface area contributed by atoms with Gasteiger partial charge in [-0.1, -0.05) is 29.4 Å². The van der Waals surface area contributed by atoms with Crippen LogP contribution in [0, 0.1) is 0 Å². The van der Waals surface area contributed by atoms with E-state index in [1.165, 1.54) is 22.6 Å². The van der Waals surface area contributed by atoms with Crippen LogP contribution in [-0.4, -0.2) is 33.9 Å². The summed E-state index contributed by atoms with van der Waals surface area (Å²) < 4.78 is 5.59. The molecule has 2 aromatic rings. The predicted molar refractivity (Wildman–Crippen MR) is 86.8 cm³/mol. The number of thioether (sulfide) groups is 2. The number of benzene rings is 1. The zero-order valence-corrected chi connectivity index (χ0v) is 13.3. The van der Waals surface area contributed by atoms with E-state index in [-0.39, 0.29) is 5.92 Å². The first kappa shape index (κ1) is 13.7. The molecule has 2 atom stereocenters. The highest BCUT2D eigenvalue weighted by atomic mass is 32.2. The Balaban J connectivity index is 1.61. The highest BCUT2D eigenvalue weighted by Crippen LogP contribution is 2.36. The molecule has 1 fully saturated rings. The van der Waals surface area contributed by atoms with Crippen LogP contribution >= 0.6 is 23.5 Å². The van der Waals surface area contributed by atoms with Crippen molar-refractivity contribution >= 4 is 23.5 Å². The first-order valence-electron chi connectivity index (χ1n) is 7.23. The van der Waals surface area contributed by atoms with Gasteiger partial charge in [0.25, 0.3) is 0 Å². The number of hydrogen-bond donors (Lipinski definition) is 1. The van der Waals surface area contributed by atoms with Gasteiger partial charge in [-0.25, -0.2) is 0 Å². The average Bonchev–Trinajstić information content (AvgIpc) is 3.05. The quantitative estimate of drug-likeness (QED) is 0.918. The molecule has 2 aliphatic rings. The van der Waals surface area contributed by atoms with Gasteiger partial charge in [-0.05, 0) is 11.1 Å². The lowest BCUT2D eigenvalue weighted by molar-refractivity contribution is 0.352. The molecule has 21 heavy (non-hydrogen) atoms. The van der Waals surface area contributed by atoms with Gasteiger partial charge < -0.3 is 9.84 Å². The molecule has 1 aromatic carbocycles. The molecule has 0 radical (unpaired) electrons. The number of aromatic nitrogens is 2. The maximum absolute atomic E-state index is 5.59. The van der Waals surface area contributed by atoms with Crippen LogP contribution < -0.4 is 5.32 Å². The molecule has 0 amide bonds. The fraction of sp³-hybridized carbons (Fsp3) is 0.467. The average molecular weight is 319 g/mol. The highest BCUT2D eigenvalue weighted by Gasteiger charge is 2.28. The Morgan fingerprint density at radius 2 is 2.19 bits per heavy atom. The number of nitrogens with zero attached hydrogens (tertiary/aromatic N) is 2. The first-order chi connectivity index (χ1) is 10.4. The summed E-state index contributed by atoms with van der Waals surface area (Å²) >= 11 is 3.92. The van der Waals surface area contributed by atoms with E-state index in [1.807, 2.05) is 23.5 Å². The summed E-state index contributed by atoms with van der Waals surface area (Å²) in [5.41, 5.74) is 2.65. The van der Waals surface area contributed by atoms with Crippen LogP contribution in [0.4, 0.5) is 0 Å². The summed E-state index contributed by atoms with van der Waals surface area (Å²) in [6.07, 6.45) is 0. The van der Waals surface area contributed by atoms with Gasteiger partial charge in [0.15, 0.2) is 5.82 Å². The minimum atomic E-state index is 0.178. The van der Waals surface area contributed by atoms with Crippen LogP contribution in [0.15, 0.2) is 28.8 Å². The van der Waals surface area contributed by atoms with E-state index in [0.717, 1.165) is 30.6 Å². The van der Waals surface area contributed by atoms with E-state index in [0.29, 0.717) is 5.25 Å². The molecule has 0 spiro atoms. The molecule has 0 aliphatic carbocycles. The maximum Gasteiger partial charge on any atom is 0.235 e. The molecule has 2 unspecified atom stereocenters. The van der Waals surface area contributed by atoms with Gasteiger partial charge in [0.2, 0.25) is 5.89 Å². The number of rotatable bonds is 2. The van der Waals surface area contributed by atoms with Gasteiger partial charge in [0.05, 0.1) is 11.2 Å². The predicted octanol–water partition coefficient (Wildman–Crippen LogP) is 2.83. The van der Waals surface area contributed by atoms with E-state index in [1.54, 1.807) is 0 Å². The van der Waals surface area contributed by atoms with Crippen molar-refractivity contribution in [2.75, 3.05) is 23.8 Å². The third-order valence-corrected chi connectivity index (χ3v) is 6.70. The summed E-state index contributed by atoms with van der Waals surface area (Å²) in [4.78, 5) is 4.70. The molecule has 4 rings (SSSR count). The van der Waals surface area contributed by atoms with Crippen molar-refractivity contribution in [3.63, 3.8) is 0 Å². The van der Waals surface area contributed by atoms with E-state index in [2.05, 4.69) is 34.7 Å². The Morgan fingerprint density at radius 3 is 3.10 bits per heavy atom. The van der Waals surface area contributed by atoms with Crippen LogP contribution in [0.25, 0.3) is 0 Å². The van der Waals surface area contributed by atoms with Crippen molar-refractivity contribution in [3.8, 4) is 0 Å². The Morgan fingerprint density at radius 1 is 1.24 bits per heavy atom. The lowest BCUT2D eigenvalue weighted by atomic mass is 9.91. The number of nitrogens with one attached hydrogen (secondary N) is 1.